The standard InChI is InChI=1S/C11H11ClN2O2S/c1-14-7-6-13-11(14)10-4-2-9(3-5-10)8-17(12,15)16/h2-7H,8H2,1H3. The van der Waals surface area contributed by atoms with Gasteiger partial charge in [0.1, 0.15) is 5.82 Å². The molecule has 0 radical (unpaired) electrons. The molecule has 2 aromatic rings. The molecule has 0 unspecified atom stereocenters. The molecule has 0 N–H and O–H groups in total. The zero-order chi connectivity index (χ0) is 12.5. The highest BCUT2D eigenvalue weighted by molar-refractivity contribution is 8.13. The SMILES string of the molecule is Cn1ccnc1-c1ccc(CS(=O)(=O)Cl)cc1. The zero-order valence-electron chi connectivity index (χ0n) is 9.17. The molecule has 1 heterocycles. The topological polar surface area (TPSA) is 52.0 Å². The van der Waals surface area contributed by atoms with Gasteiger partial charge < -0.3 is 4.57 Å². The van der Waals surface area contributed by atoms with Crippen molar-refractivity contribution in [1.29, 1.82) is 0 Å². The highest BCUT2D eigenvalue weighted by Gasteiger charge is 2.08. The molecule has 0 aliphatic rings. The van der Waals surface area contributed by atoms with E-state index in [1.165, 1.54) is 0 Å². The Morgan fingerprint density at radius 3 is 2.41 bits per heavy atom. The maximum Gasteiger partial charge on any atom is 0.236 e. The minimum atomic E-state index is -3.50. The first kappa shape index (κ1) is 12.1. The minimum Gasteiger partial charge on any atom is -0.334 e. The van der Waals surface area contributed by atoms with Crippen molar-refractivity contribution in [3.63, 3.8) is 0 Å². The Bertz CT molecular complexity index is 617. The molecule has 0 bridgehead atoms. The van der Waals surface area contributed by atoms with E-state index in [-0.39, 0.29) is 5.75 Å². The van der Waals surface area contributed by atoms with Gasteiger partial charge in [0.25, 0.3) is 0 Å². The average Bonchev–Trinajstić information content (AvgIpc) is 2.63. The summed E-state index contributed by atoms with van der Waals surface area (Å²) < 4.78 is 23.7. The Morgan fingerprint density at radius 2 is 1.94 bits per heavy atom. The monoisotopic (exact) mass is 270 g/mol. The molecule has 6 heteroatoms. The van der Waals surface area contributed by atoms with Gasteiger partial charge in [0.2, 0.25) is 9.05 Å². The van der Waals surface area contributed by atoms with E-state index in [0.717, 1.165) is 11.4 Å². The minimum absolute atomic E-state index is 0.157. The molecule has 2 rings (SSSR count). The lowest BCUT2D eigenvalue weighted by molar-refractivity contribution is 0.609. The van der Waals surface area contributed by atoms with Crippen LogP contribution in [0.2, 0.25) is 0 Å². The highest BCUT2D eigenvalue weighted by atomic mass is 35.7. The summed E-state index contributed by atoms with van der Waals surface area (Å²) in [5.74, 6) is 0.681. The Kier molecular flexibility index (Phi) is 3.22. The van der Waals surface area contributed by atoms with Crippen molar-refractivity contribution in [2.75, 3.05) is 0 Å². The molecule has 0 spiro atoms. The van der Waals surface area contributed by atoms with E-state index in [0.29, 0.717) is 5.56 Å². The predicted molar refractivity (Wildman–Crippen MR) is 67.1 cm³/mol. The van der Waals surface area contributed by atoms with Gasteiger partial charge in [-0.2, -0.15) is 0 Å². The highest BCUT2D eigenvalue weighted by Crippen LogP contribution is 2.18. The van der Waals surface area contributed by atoms with Crippen molar-refractivity contribution in [2.24, 2.45) is 7.05 Å². The third-order valence-electron chi connectivity index (χ3n) is 2.37. The second-order valence-electron chi connectivity index (χ2n) is 3.74. The van der Waals surface area contributed by atoms with Crippen molar-refractivity contribution in [2.45, 2.75) is 5.75 Å². The molecular formula is C11H11ClN2O2S. The van der Waals surface area contributed by atoms with E-state index in [9.17, 15) is 8.42 Å². The Morgan fingerprint density at radius 1 is 1.29 bits per heavy atom. The molecule has 17 heavy (non-hydrogen) atoms. The Labute approximate surface area is 104 Å². The van der Waals surface area contributed by atoms with E-state index >= 15 is 0 Å². The van der Waals surface area contributed by atoms with Gasteiger partial charge in [-0.3, -0.25) is 0 Å². The molecule has 0 aliphatic carbocycles. The zero-order valence-corrected chi connectivity index (χ0v) is 10.7. The number of nitrogens with zero attached hydrogens (tertiary/aromatic N) is 2. The number of aryl methyl sites for hydroxylation is 1. The summed E-state index contributed by atoms with van der Waals surface area (Å²) >= 11 is 0. The molecule has 4 nitrogen and oxygen atoms in total. The summed E-state index contributed by atoms with van der Waals surface area (Å²) in [6.45, 7) is 0. The van der Waals surface area contributed by atoms with E-state index in [4.69, 9.17) is 10.7 Å². The molecular weight excluding hydrogens is 260 g/mol. The second-order valence-corrected chi connectivity index (χ2v) is 6.52. The van der Waals surface area contributed by atoms with Crippen LogP contribution in [-0.4, -0.2) is 18.0 Å². The number of imidazole rings is 1. The summed E-state index contributed by atoms with van der Waals surface area (Å²) in [5.41, 5.74) is 1.60. The maximum atomic E-state index is 10.9. The summed E-state index contributed by atoms with van der Waals surface area (Å²) in [7, 11) is 3.59. The number of benzene rings is 1. The molecule has 0 fully saturated rings. The van der Waals surface area contributed by atoms with Crippen LogP contribution < -0.4 is 0 Å². The Hall–Kier alpha value is -1.33. The molecule has 90 valence electrons. The van der Waals surface area contributed by atoms with E-state index in [1.54, 1.807) is 18.3 Å². The summed E-state index contributed by atoms with van der Waals surface area (Å²) in [4.78, 5) is 4.21. The molecule has 0 aliphatic heterocycles. The molecule has 1 aromatic heterocycles. The van der Waals surface area contributed by atoms with Gasteiger partial charge in [0, 0.05) is 35.7 Å². The van der Waals surface area contributed by atoms with Gasteiger partial charge in [-0.25, -0.2) is 13.4 Å². The van der Waals surface area contributed by atoms with Gasteiger partial charge in [-0.1, -0.05) is 24.3 Å². The first-order chi connectivity index (χ1) is 7.96. The van der Waals surface area contributed by atoms with E-state index in [1.807, 2.05) is 29.9 Å². The number of hydrogen-bond donors (Lipinski definition) is 0. The van der Waals surface area contributed by atoms with Crippen LogP contribution in [0.3, 0.4) is 0 Å². The third kappa shape index (κ3) is 3.08. The van der Waals surface area contributed by atoms with Crippen LogP contribution in [-0.2, 0) is 21.9 Å². The average molecular weight is 271 g/mol. The fraction of sp³-hybridized carbons (Fsp3) is 0.182. The fourth-order valence-electron chi connectivity index (χ4n) is 1.59. The van der Waals surface area contributed by atoms with Gasteiger partial charge in [-0.15, -0.1) is 0 Å². The van der Waals surface area contributed by atoms with Crippen molar-refractivity contribution >= 4 is 19.7 Å². The smallest absolute Gasteiger partial charge is 0.236 e. The van der Waals surface area contributed by atoms with Crippen LogP contribution in [0.1, 0.15) is 5.56 Å². The van der Waals surface area contributed by atoms with Crippen LogP contribution >= 0.6 is 10.7 Å². The van der Waals surface area contributed by atoms with Crippen molar-refractivity contribution in [3.8, 4) is 11.4 Å². The molecule has 0 saturated heterocycles. The Balaban J connectivity index is 2.28. The van der Waals surface area contributed by atoms with E-state index in [2.05, 4.69) is 4.98 Å². The van der Waals surface area contributed by atoms with Crippen molar-refractivity contribution < 1.29 is 8.42 Å². The van der Waals surface area contributed by atoms with Gasteiger partial charge >= 0.3 is 0 Å². The molecule has 0 saturated carbocycles. The number of aromatic nitrogens is 2. The number of hydrogen-bond acceptors (Lipinski definition) is 3. The predicted octanol–water partition coefficient (Wildman–Crippen LogP) is 2.16. The normalized spacial score (nSPS) is 11.6. The number of halogens is 1. The first-order valence-corrected chi connectivity index (χ1v) is 7.42. The number of rotatable bonds is 3. The lowest BCUT2D eigenvalue weighted by Gasteiger charge is -2.03. The second kappa shape index (κ2) is 4.50. The van der Waals surface area contributed by atoms with E-state index < -0.39 is 9.05 Å². The van der Waals surface area contributed by atoms with Gasteiger partial charge in [0.05, 0.1) is 5.75 Å². The van der Waals surface area contributed by atoms with Gasteiger partial charge in [-0.05, 0) is 5.56 Å². The molecule has 0 amide bonds. The van der Waals surface area contributed by atoms with Crippen LogP contribution in [0.5, 0.6) is 0 Å². The molecule has 1 aromatic carbocycles. The quantitative estimate of drug-likeness (QED) is 0.803. The van der Waals surface area contributed by atoms with Crippen LogP contribution in [0.25, 0.3) is 11.4 Å². The van der Waals surface area contributed by atoms with Gasteiger partial charge in [0.15, 0.2) is 0 Å². The van der Waals surface area contributed by atoms with Crippen molar-refractivity contribution in [3.05, 3.63) is 42.2 Å². The van der Waals surface area contributed by atoms with Crippen LogP contribution in [0.15, 0.2) is 36.7 Å². The first-order valence-electron chi connectivity index (χ1n) is 4.95. The largest absolute Gasteiger partial charge is 0.334 e. The van der Waals surface area contributed by atoms with Crippen molar-refractivity contribution in [1.82, 2.24) is 9.55 Å². The summed E-state index contributed by atoms with van der Waals surface area (Å²) in [6.07, 6.45) is 3.57. The third-order valence-corrected chi connectivity index (χ3v) is 3.38. The maximum absolute atomic E-state index is 10.9. The van der Waals surface area contributed by atoms with Crippen LogP contribution in [0.4, 0.5) is 0 Å². The fourth-order valence-corrected chi connectivity index (χ4v) is 2.56. The molecule has 0 atom stereocenters. The summed E-state index contributed by atoms with van der Waals surface area (Å²) in [5, 5.41) is 0. The summed E-state index contributed by atoms with van der Waals surface area (Å²) in [6, 6.07) is 7.15. The lowest BCUT2D eigenvalue weighted by Crippen LogP contribution is -1.95. The lowest BCUT2D eigenvalue weighted by atomic mass is 10.1. The van der Waals surface area contributed by atoms with Crippen LogP contribution in [0, 0.1) is 0 Å².